The van der Waals surface area contributed by atoms with Gasteiger partial charge in [0.2, 0.25) is 0 Å². The van der Waals surface area contributed by atoms with Gasteiger partial charge in [-0.15, -0.1) is 11.3 Å². The second kappa shape index (κ2) is 6.68. The maximum Gasteiger partial charge on any atom is 0.252 e. The molecule has 5 nitrogen and oxygen atoms in total. The van der Waals surface area contributed by atoms with E-state index in [1.165, 1.54) is 0 Å². The van der Waals surface area contributed by atoms with Crippen molar-refractivity contribution in [1.82, 2.24) is 15.3 Å². The number of carbonyl (C=O) groups is 1. The second-order valence-electron chi connectivity index (χ2n) is 7.02. The summed E-state index contributed by atoms with van der Waals surface area (Å²) < 4.78 is 0. The monoisotopic (exact) mass is 366 g/mol. The molecule has 0 spiro atoms. The molecule has 1 amide bonds. The fraction of sp³-hybridized carbons (Fsp3) is 0.350. The largest absolute Gasteiger partial charge is 0.363 e. The van der Waals surface area contributed by atoms with Crippen LogP contribution in [0.15, 0.2) is 41.9 Å². The van der Waals surface area contributed by atoms with E-state index >= 15 is 0 Å². The van der Waals surface area contributed by atoms with E-state index in [-0.39, 0.29) is 11.4 Å². The van der Waals surface area contributed by atoms with Crippen molar-refractivity contribution >= 4 is 34.0 Å². The van der Waals surface area contributed by atoms with Gasteiger partial charge in [-0.05, 0) is 25.0 Å². The molecule has 3 aromatic rings. The van der Waals surface area contributed by atoms with E-state index in [1.807, 2.05) is 60.9 Å². The molecular formula is C20H22N4OS. The number of fused-ring (bicyclic) bond motifs is 1. The molecule has 0 atom stereocenters. The molecule has 1 fully saturated rings. The first-order chi connectivity index (χ1) is 12.6. The molecule has 1 aromatic carbocycles. The lowest BCUT2D eigenvalue weighted by Crippen LogP contribution is -2.43. The molecule has 0 radical (unpaired) electrons. The molecule has 134 valence electrons. The Balaban J connectivity index is 1.76. The summed E-state index contributed by atoms with van der Waals surface area (Å²) in [4.78, 5) is 24.4. The van der Waals surface area contributed by atoms with E-state index in [4.69, 9.17) is 0 Å². The first-order valence-electron chi connectivity index (χ1n) is 8.89. The molecule has 0 unspecified atom stereocenters. The zero-order chi connectivity index (χ0) is 18.1. The Morgan fingerprint density at radius 3 is 2.69 bits per heavy atom. The van der Waals surface area contributed by atoms with Crippen LogP contribution in [0.4, 0.5) is 5.82 Å². The molecule has 1 saturated carbocycles. The first-order valence-corrected chi connectivity index (χ1v) is 9.77. The van der Waals surface area contributed by atoms with Gasteiger partial charge in [0.05, 0.1) is 16.6 Å². The van der Waals surface area contributed by atoms with Gasteiger partial charge in [0.1, 0.15) is 10.8 Å². The fourth-order valence-electron chi connectivity index (χ4n) is 3.69. The van der Waals surface area contributed by atoms with E-state index in [9.17, 15) is 4.79 Å². The minimum atomic E-state index is -0.339. The van der Waals surface area contributed by atoms with Crippen molar-refractivity contribution in [3.8, 4) is 0 Å². The smallest absolute Gasteiger partial charge is 0.252 e. The zero-order valence-corrected chi connectivity index (χ0v) is 15.8. The molecule has 26 heavy (non-hydrogen) atoms. The number of thiazole rings is 1. The number of hydrogen-bond donors (Lipinski definition) is 1. The summed E-state index contributed by atoms with van der Waals surface area (Å²) in [5, 5.41) is 7.20. The second-order valence-corrected chi connectivity index (χ2v) is 7.91. The number of benzene rings is 1. The van der Waals surface area contributed by atoms with Crippen LogP contribution in [-0.2, 0) is 5.54 Å². The van der Waals surface area contributed by atoms with Gasteiger partial charge in [-0.1, -0.05) is 31.0 Å². The number of amides is 1. The molecule has 1 N–H and O–H groups in total. The minimum Gasteiger partial charge on any atom is -0.363 e. The molecule has 0 bridgehead atoms. The number of carbonyl (C=O) groups excluding carboxylic acids is 1. The van der Waals surface area contributed by atoms with Crippen molar-refractivity contribution in [3.63, 3.8) is 0 Å². The highest BCUT2D eigenvalue weighted by molar-refractivity contribution is 7.09. The first kappa shape index (κ1) is 17.0. The van der Waals surface area contributed by atoms with Gasteiger partial charge in [-0.2, -0.15) is 0 Å². The van der Waals surface area contributed by atoms with Crippen LogP contribution >= 0.6 is 11.3 Å². The summed E-state index contributed by atoms with van der Waals surface area (Å²) in [6.45, 7) is 0. The summed E-state index contributed by atoms with van der Waals surface area (Å²) in [7, 11) is 3.87. The summed E-state index contributed by atoms with van der Waals surface area (Å²) >= 11 is 1.62. The van der Waals surface area contributed by atoms with Crippen LogP contribution in [0, 0.1) is 0 Å². The Morgan fingerprint density at radius 1 is 1.23 bits per heavy atom. The number of pyridine rings is 1. The molecule has 1 aliphatic carbocycles. The predicted octanol–water partition coefficient (Wildman–Crippen LogP) is 3.96. The summed E-state index contributed by atoms with van der Waals surface area (Å²) in [6.07, 6.45) is 5.92. The predicted molar refractivity (Wildman–Crippen MR) is 106 cm³/mol. The number of nitrogens with zero attached hydrogens (tertiary/aromatic N) is 3. The van der Waals surface area contributed by atoms with Gasteiger partial charge in [-0.25, -0.2) is 9.97 Å². The lowest BCUT2D eigenvalue weighted by Gasteiger charge is -2.28. The van der Waals surface area contributed by atoms with Gasteiger partial charge >= 0.3 is 0 Å². The van der Waals surface area contributed by atoms with Crippen molar-refractivity contribution in [1.29, 1.82) is 0 Å². The van der Waals surface area contributed by atoms with Gasteiger partial charge in [-0.3, -0.25) is 4.79 Å². The standard InChI is InChI=1S/C20H22N4OS/c1-24(2)17-13-15(14-7-3-4-8-16(14)22-17)18(25)23-20(9-5-6-10-20)19-21-11-12-26-19/h3-4,7-8,11-13H,5-6,9-10H2,1-2H3,(H,23,25). The van der Waals surface area contributed by atoms with Crippen molar-refractivity contribution < 1.29 is 4.79 Å². The lowest BCUT2D eigenvalue weighted by atomic mass is 9.97. The maximum atomic E-state index is 13.3. The molecule has 0 saturated heterocycles. The average Bonchev–Trinajstić information content (AvgIpc) is 3.33. The third kappa shape index (κ3) is 2.94. The molecule has 1 aliphatic rings. The van der Waals surface area contributed by atoms with Gasteiger partial charge in [0.15, 0.2) is 0 Å². The lowest BCUT2D eigenvalue weighted by molar-refractivity contribution is 0.0899. The van der Waals surface area contributed by atoms with Crippen LogP contribution in [0.25, 0.3) is 10.9 Å². The zero-order valence-electron chi connectivity index (χ0n) is 15.0. The summed E-state index contributed by atoms with van der Waals surface area (Å²) in [5.74, 6) is 0.729. The van der Waals surface area contributed by atoms with Crippen LogP contribution in [0.5, 0.6) is 0 Å². The highest BCUT2D eigenvalue weighted by Gasteiger charge is 2.39. The van der Waals surface area contributed by atoms with Crippen molar-refractivity contribution in [2.75, 3.05) is 19.0 Å². The van der Waals surface area contributed by atoms with Crippen LogP contribution in [0.2, 0.25) is 0 Å². The van der Waals surface area contributed by atoms with Crippen molar-refractivity contribution in [2.24, 2.45) is 0 Å². The molecule has 0 aliphatic heterocycles. The Kier molecular flexibility index (Phi) is 4.36. The van der Waals surface area contributed by atoms with E-state index < -0.39 is 0 Å². The van der Waals surface area contributed by atoms with E-state index in [0.717, 1.165) is 47.4 Å². The van der Waals surface area contributed by atoms with Gasteiger partial charge < -0.3 is 10.2 Å². The van der Waals surface area contributed by atoms with Crippen LogP contribution in [-0.4, -0.2) is 30.0 Å². The topological polar surface area (TPSA) is 58.1 Å². The quantitative estimate of drug-likeness (QED) is 0.759. The molecular weight excluding hydrogens is 344 g/mol. The van der Waals surface area contributed by atoms with Gasteiger partial charge in [0.25, 0.3) is 5.91 Å². The number of para-hydroxylation sites is 1. The fourth-order valence-corrected chi connectivity index (χ4v) is 4.55. The SMILES string of the molecule is CN(C)c1cc(C(=O)NC2(c3nccs3)CCCC2)c2ccccc2n1. The van der Waals surface area contributed by atoms with Crippen LogP contribution in [0.1, 0.15) is 41.0 Å². The number of anilines is 1. The summed E-state index contributed by atoms with van der Waals surface area (Å²) in [6, 6.07) is 9.68. The Morgan fingerprint density at radius 2 is 2.00 bits per heavy atom. The van der Waals surface area contributed by atoms with Crippen LogP contribution in [0.3, 0.4) is 0 Å². The third-order valence-electron chi connectivity index (χ3n) is 5.06. The molecule has 4 rings (SSSR count). The summed E-state index contributed by atoms with van der Waals surface area (Å²) in [5.41, 5.74) is 1.16. The highest BCUT2D eigenvalue weighted by atomic mass is 32.1. The molecule has 6 heteroatoms. The number of rotatable bonds is 4. The molecule has 2 aromatic heterocycles. The molecule has 2 heterocycles. The van der Waals surface area contributed by atoms with E-state index in [2.05, 4.69) is 15.3 Å². The average molecular weight is 366 g/mol. The van der Waals surface area contributed by atoms with Crippen LogP contribution < -0.4 is 10.2 Å². The number of aromatic nitrogens is 2. The number of nitrogens with one attached hydrogen (secondary N) is 1. The normalized spacial score (nSPS) is 15.9. The van der Waals surface area contributed by atoms with Crippen molar-refractivity contribution in [3.05, 3.63) is 52.5 Å². The highest BCUT2D eigenvalue weighted by Crippen LogP contribution is 2.40. The minimum absolute atomic E-state index is 0.0520. The Labute approximate surface area is 157 Å². The van der Waals surface area contributed by atoms with E-state index in [0.29, 0.717) is 5.56 Å². The number of hydrogen-bond acceptors (Lipinski definition) is 5. The van der Waals surface area contributed by atoms with Gasteiger partial charge in [0, 0.05) is 31.1 Å². The van der Waals surface area contributed by atoms with Crippen molar-refractivity contribution in [2.45, 2.75) is 31.2 Å². The maximum absolute atomic E-state index is 13.3. The Hall–Kier alpha value is -2.47. The van der Waals surface area contributed by atoms with E-state index in [1.54, 1.807) is 11.3 Å². The third-order valence-corrected chi connectivity index (χ3v) is 6.03. The Bertz CT molecular complexity index is 930.